The van der Waals surface area contributed by atoms with Crippen molar-refractivity contribution in [1.29, 1.82) is 0 Å². The van der Waals surface area contributed by atoms with Gasteiger partial charge in [0.05, 0.1) is 11.7 Å². The number of aromatic hydroxyl groups is 1. The summed E-state index contributed by atoms with van der Waals surface area (Å²) >= 11 is 3.48. The van der Waals surface area contributed by atoms with Gasteiger partial charge in [0, 0.05) is 16.9 Å². The van der Waals surface area contributed by atoms with E-state index in [0.29, 0.717) is 5.95 Å². The smallest absolute Gasteiger partial charge is 0.265 e. The van der Waals surface area contributed by atoms with Crippen molar-refractivity contribution in [2.24, 2.45) is 12.1 Å². The van der Waals surface area contributed by atoms with Crippen molar-refractivity contribution >= 4 is 50.2 Å². The Morgan fingerprint density at radius 3 is 2.76 bits per heavy atom. The lowest BCUT2D eigenvalue weighted by atomic mass is 10.2. The second kappa shape index (κ2) is 6.14. The first kappa shape index (κ1) is 15.5. The highest BCUT2D eigenvalue weighted by atomic mass is 79.9. The maximum atomic E-state index is 9.27. The van der Waals surface area contributed by atoms with Crippen molar-refractivity contribution in [2.45, 2.75) is 0 Å². The van der Waals surface area contributed by atoms with Crippen LogP contribution >= 0.6 is 15.9 Å². The molecule has 25 heavy (non-hydrogen) atoms. The van der Waals surface area contributed by atoms with Crippen molar-refractivity contribution in [1.82, 2.24) is 19.7 Å². The molecule has 0 aliphatic rings. The fraction of sp³-hybridized carbons (Fsp3) is 0.0588. The number of rotatable bonds is 3. The molecule has 124 valence electrons. The van der Waals surface area contributed by atoms with Crippen molar-refractivity contribution in [3.8, 4) is 5.75 Å². The summed E-state index contributed by atoms with van der Waals surface area (Å²) in [5, 5.41) is 22.7. The average molecular weight is 397 g/mol. The van der Waals surface area contributed by atoms with Crippen LogP contribution in [0.5, 0.6) is 5.75 Å². The Morgan fingerprint density at radius 1 is 1.16 bits per heavy atom. The van der Waals surface area contributed by atoms with Gasteiger partial charge in [0.1, 0.15) is 11.3 Å². The number of phenolic OH excluding ortho intramolecular Hbond substituents is 1. The largest absolute Gasteiger partial charge is 0.508 e. The van der Waals surface area contributed by atoms with Crippen molar-refractivity contribution < 1.29 is 5.11 Å². The molecule has 0 saturated carbocycles. The molecule has 7 nitrogen and oxygen atoms in total. The van der Waals surface area contributed by atoms with Crippen LogP contribution in [0.25, 0.3) is 22.1 Å². The van der Waals surface area contributed by atoms with Crippen LogP contribution in [0.15, 0.2) is 52.0 Å². The maximum Gasteiger partial charge on any atom is 0.265 e. The van der Waals surface area contributed by atoms with Gasteiger partial charge in [-0.25, -0.2) is 5.43 Å². The van der Waals surface area contributed by atoms with Crippen LogP contribution in [-0.4, -0.2) is 31.1 Å². The molecule has 2 N–H and O–H groups in total. The van der Waals surface area contributed by atoms with Gasteiger partial charge in [0.15, 0.2) is 5.65 Å². The molecule has 0 saturated heterocycles. The molecule has 0 atom stereocenters. The molecular weight excluding hydrogens is 384 g/mol. The Kier molecular flexibility index (Phi) is 3.81. The van der Waals surface area contributed by atoms with Gasteiger partial charge >= 0.3 is 0 Å². The molecule has 2 aromatic carbocycles. The Balaban J connectivity index is 1.66. The van der Waals surface area contributed by atoms with E-state index in [1.165, 1.54) is 0 Å². The molecule has 0 bridgehead atoms. The zero-order valence-electron chi connectivity index (χ0n) is 13.2. The molecule has 2 aromatic heterocycles. The van der Waals surface area contributed by atoms with E-state index in [1.54, 1.807) is 30.5 Å². The SMILES string of the molecule is Cn1c2ccc(Br)cc2c2nnc(NN=Cc3ccc(O)cc3)nc21. The van der Waals surface area contributed by atoms with Gasteiger partial charge in [-0.1, -0.05) is 15.9 Å². The van der Waals surface area contributed by atoms with Gasteiger partial charge in [-0.3, -0.25) is 0 Å². The maximum absolute atomic E-state index is 9.27. The monoisotopic (exact) mass is 396 g/mol. The third-order valence-electron chi connectivity index (χ3n) is 3.83. The zero-order chi connectivity index (χ0) is 17.4. The zero-order valence-corrected chi connectivity index (χ0v) is 14.8. The topological polar surface area (TPSA) is 88.2 Å². The highest BCUT2D eigenvalue weighted by molar-refractivity contribution is 9.10. The van der Waals surface area contributed by atoms with Crippen LogP contribution in [0.3, 0.4) is 0 Å². The molecular formula is C17H13BrN6O. The molecule has 8 heteroatoms. The van der Waals surface area contributed by atoms with Crippen LogP contribution in [-0.2, 0) is 7.05 Å². The van der Waals surface area contributed by atoms with Crippen LogP contribution in [0.2, 0.25) is 0 Å². The molecule has 2 heterocycles. The number of benzene rings is 2. The first-order valence-electron chi connectivity index (χ1n) is 7.48. The number of aryl methyl sites for hydroxylation is 1. The van der Waals surface area contributed by atoms with E-state index in [1.807, 2.05) is 29.8 Å². The van der Waals surface area contributed by atoms with Gasteiger partial charge in [0.2, 0.25) is 0 Å². The Bertz CT molecular complexity index is 1100. The van der Waals surface area contributed by atoms with Crippen LogP contribution in [0.1, 0.15) is 5.56 Å². The molecule has 0 spiro atoms. The summed E-state index contributed by atoms with van der Waals surface area (Å²) in [6, 6.07) is 12.7. The third kappa shape index (κ3) is 2.91. The van der Waals surface area contributed by atoms with Crippen molar-refractivity contribution in [3.63, 3.8) is 0 Å². The highest BCUT2D eigenvalue weighted by Gasteiger charge is 2.12. The van der Waals surface area contributed by atoms with Crippen LogP contribution < -0.4 is 5.43 Å². The number of halogens is 1. The summed E-state index contributed by atoms with van der Waals surface area (Å²) in [5.41, 5.74) is 6.13. The summed E-state index contributed by atoms with van der Waals surface area (Å²) in [4.78, 5) is 4.50. The third-order valence-corrected chi connectivity index (χ3v) is 4.33. The number of anilines is 1. The molecule has 4 rings (SSSR count). The highest BCUT2D eigenvalue weighted by Crippen LogP contribution is 2.27. The minimum absolute atomic E-state index is 0.213. The van der Waals surface area contributed by atoms with Gasteiger partial charge in [-0.05, 0) is 48.0 Å². The van der Waals surface area contributed by atoms with E-state index in [-0.39, 0.29) is 5.75 Å². The standard InChI is InChI=1S/C17H13BrN6O/c1-24-14-7-4-11(18)8-13(14)15-16(24)20-17(23-21-15)22-19-9-10-2-5-12(25)6-3-10/h2-9,25H,1H3,(H,20,22,23). The number of hydrogen-bond acceptors (Lipinski definition) is 6. The molecule has 4 aromatic rings. The quantitative estimate of drug-likeness (QED) is 0.409. The van der Waals surface area contributed by atoms with E-state index in [9.17, 15) is 5.11 Å². The summed E-state index contributed by atoms with van der Waals surface area (Å²) in [6.07, 6.45) is 1.62. The Labute approximate surface area is 151 Å². The van der Waals surface area contributed by atoms with E-state index in [2.05, 4.69) is 41.6 Å². The lowest BCUT2D eigenvalue weighted by Crippen LogP contribution is -2.00. The fourth-order valence-electron chi connectivity index (χ4n) is 2.60. The molecule has 0 radical (unpaired) electrons. The fourth-order valence-corrected chi connectivity index (χ4v) is 2.96. The summed E-state index contributed by atoms with van der Waals surface area (Å²) < 4.78 is 2.95. The number of nitrogens with zero attached hydrogens (tertiary/aromatic N) is 5. The van der Waals surface area contributed by atoms with Gasteiger partial charge < -0.3 is 9.67 Å². The number of aromatic nitrogens is 4. The predicted molar refractivity (Wildman–Crippen MR) is 101 cm³/mol. The number of phenols is 1. The lowest BCUT2D eigenvalue weighted by molar-refractivity contribution is 0.475. The first-order chi connectivity index (χ1) is 12.1. The van der Waals surface area contributed by atoms with Crippen molar-refractivity contribution in [3.05, 3.63) is 52.5 Å². The second-order valence-electron chi connectivity index (χ2n) is 5.49. The first-order valence-corrected chi connectivity index (χ1v) is 8.27. The van der Waals surface area contributed by atoms with E-state index >= 15 is 0 Å². The molecule has 0 amide bonds. The lowest BCUT2D eigenvalue weighted by Gasteiger charge is -1.99. The molecule has 0 unspecified atom stereocenters. The van der Waals surface area contributed by atoms with Gasteiger partial charge in [-0.2, -0.15) is 10.1 Å². The number of hydrazone groups is 1. The molecule has 0 aliphatic carbocycles. The average Bonchev–Trinajstić information content (AvgIpc) is 2.88. The summed E-state index contributed by atoms with van der Waals surface area (Å²) in [6.45, 7) is 0. The summed E-state index contributed by atoms with van der Waals surface area (Å²) in [5.74, 6) is 0.526. The number of fused-ring (bicyclic) bond motifs is 3. The Morgan fingerprint density at radius 2 is 1.96 bits per heavy atom. The van der Waals surface area contributed by atoms with Gasteiger partial charge in [-0.15, -0.1) is 10.2 Å². The van der Waals surface area contributed by atoms with Crippen LogP contribution in [0.4, 0.5) is 5.95 Å². The van der Waals surface area contributed by atoms with Gasteiger partial charge in [0.25, 0.3) is 5.95 Å². The summed E-state index contributed by atoms with van der Waals surface area (Å²) in [7, 11) is 1.94. The second-order valence-corrected chi connectivity index (χ2v) is 6.41. The molecule has 0 aliphatic heterocycles. The normalized spacial score (nSPS) is 11.6. The van der Waals surface area contributed by atoms with E-state index in [0.717, 1.165) is 32.1 Å². The minimum atomic E-state index is 0.213. The Hall–Kier alpha value is -3.00. The molecule has 0 fully saturated rings. The number of nitrogens with one attached hydrogen (secondary N) is 1. The van der Waals surface area contributed by atoms with E-state index < -0.39 is 0 Å². The van der Waals surface area contributed by atoms with Crippen LogP contribution in [0, 0.1) is 0 Å². The minimum Gasteiger partial charge on any atom is -0.508 e. The van der Waals surface area contributed by atoms with Crippen molar-refractivity contribution in [2.75, 3.05) is 5.43 Å². The predicted octanol–water partition coefficient (Wildman–Crippen LogP) is 3.43. The van der Waals surface area contributed by atoms with E-state index in [4.69, 9.17) is 0 Å². The number of hydrogen-bond donors (Lipinski definition) is 2.